The van der Waals surface area contributed by atoms with Gasteiger partial charge in [-0.15, -0.1) is 11.8 Å². The van der Waals surface area contributed by atoms with E-state index in [-0.39, 0.29) is 5.91 Å². The van der Waals surface area contributed by atoms with Crippen molar-refractivity contribution in [2.45, 2.75) is 37.9 Å². The lowest BCUT2D eigenvalue weighted by molar-refractivity contribution is -0.118. The second-order valence-corrected chi connectivity index (χ2v) is 9.14. The summed E-state index contributed by atoms with van der Waals surface area (Å²) in [5.74, 6) is 0.480. The number of thioether (sulfide) groups is 1. The molecule has 2 aromatic rings. The van der Waals surface area contributed by atoms with Crippen molar-refractivity contribution in [1.29, 1.82) is 0 Å². The van der Waals surface area contributed by atoms with Crippen LogP contribution in [0.2, 0.25) is 0 Å². The molecule has 1 aliphatic heterocycles. The van der Waals surface area contributed by atoms with Crippen LogP contribution in [0.15, 0.2) is 51.8 Å². The second kappa shape index (κ2) is 10.4. The Morgan fingerprint density at radius 2 is 2.11 bits per heavy atom. The van der Waals surface area contributed by atoms with E-state index in [0.717, 1.165) is 41.2 Å². The smallest absolute Gasteiger partial charge is 0.230 e. The van der Waals surface area contributed by atoms with Gasteiger partial charge in [0.1, 0.15) is 0 Å². The van der Waals surface area contributed by atoms with E-state index in [2.05, 4.69) is 70.3 Å². The Morgan fingerprint density at radius 3 is 2.89 bits per heavy atom. The molecule has 0 saturated carbocycles. The predicted octanol–water partition coefficient (Wildman–Crippen LogP) is 4.39. The van der Waals surface area contributed by atoms with Crippen LogP contribution in [-0.2, 0) is 22.6 Å². The first-order valence-corrected chi connectivity index (χ1v) is 11.3. The number of hydrogen-bond donors (Lipinski definition) is 1. The highest BCUT2D eigenvalue weighted by molar-refractivity contribution is 9.10. The Kier molecular flexibility index (Phi) is 7.97. The lowest BCUT2D eigenvalue weighted by Crippen LogP contribution is -2.40. The SMILES string of the molecule is Cc1cc(Br)ccc1SCC(=O)NCc1cccc(CN2CCOC(C)C2)c1. The number of benzene rings is 2. The molecule has 0 radical (unpaired) electrons. The fraction of sp³-hybridized carbons (Fsp3) is 0.409. The minimum absolute atomic E-state index is 0.0553. The molecular formula is C22H27BrN2O2S. The highest BCUT2D eigenvalue weighted by Crippen LogP contribution is 2.25. The zero-order chi connectivity index (χ0) is 19.9. The van der Waals surface area contributed by atoms with Gasteiger partial charge in [-0.3, -0.25) is 9.69 Å². The molecule has 0 bridgehead atoms. The van der Waals surface area contributed by atoms with E-state index < -0.39 is 0 Å². The van der Waals surface area contributed by atoms with Crippen LogP contribution in [-0.4, -0.2) is 42.4 Å². The van der Waals surface area contributed by atoms with Crippen LogP contribution >= 0.6 is 27.7 Å². The zero-order valence-electron chi connectivity index (χ0n) is 16.4. The number of morpholine rings is 1. The highest BCUT2D eigenvalue weighted by Gasteiger charge is 2.16. The maximum Gasteiger partial charge on any atom is 0.230 e. The number of amides is 1. The molecule has 1 atom stereocenters. The van der Waals surface area contributed by atoms with Crippen molar-refractivity contribution in [3.63, 3.8) is 0 Å². The van der Waals surface area contributed by atoms with Crippen LogP contribution in [0, 0.1) is 6.92 Å². The lowest BCUT2D eigenvalue weighted by atomic mass is 10.1. The largest absolute Gasteiger partial charge is 0.376 e. The second-order valence-electron chi connectivity index (χ2n) is 7.21. The number of halogens is 1. The van der Waals surface area contributed by atoms with Crippen LogP contribution in [0.3, 0.4) is 0 Å². The van der Waals surface area contributed by atoms with Gasteiger partial charge in [0.15, 0.2) is 0 Å². The Morgan fingerprint density at radius 1 is 1.29 bits per heavy atom. The van der Waals surface area contributed by atoms with E-state index in [9.17, 15) is 4.79 Å². The molecule has 1 amide bonds. The molecule has 1 N–H and O–H groups in total. The molecule has 150 valence electrons. The van der Waals surface area contributed by atoms with Crippen LogP contribution in [0.5, 0.6) is 0 Å². The lowest BCUT2D eigenvalue weighted by Gasteiger charge is -2.31. The van der Waals surface area contributed by atoms with Gasteiger partial charge in [0.25, 0.3) is 0 Å². The number of ether oxygens (including phenoxy) is 1. The Labute approximate surface area is 180 Å². The van der Waals surface area contributed by atoms with Gasteiger partial charge in [-0.25, -0.2) is 0 Å². The van der Waals surface area contributed by atoms with E-state index >= 15 is 0 Å². The minimum Gasteiger partial charge on any atom is -0.376 e. The molecule has 0 aliphatic carbocycles. The Balaban J connectivity index is 1.46. The summed E-state index contributed by atoms with van der Waals surface area (Å²) in [7, 11) is 0. The van der Waals surface area contributed by atoms with Crippen molar-refractivity contribution < 1.29 is 9.53 Å². The molecule has 1 unspecified atom stereocenters. The summed E-state index contributed by atoms with van der Waals surface area (Å²) < 4.78 is 6.67. The summed E-state index contributed by atoms with van der Waals surface area (Å²) in [4.78, 5) is 15.8. The summed E-state index contributed by atoms with van der Waals surface area (Å²) in [6.07, 6.45) is 0.295. The van der Waals surface area contributed by atoms with E-state index in [1.165, 1.54) is 11.1 Å². The summed E-state index contributed by atoms with van der Waals surface area (Å²) in [6, 6.07) is 14.6. The average Bonchev–Trinajstić information content (AvgIpc) is 2.66. The zero-order valence-corrected chi connectivity index (χ0v) is 18.8. The third-order valence-electron chi connectivity index (χ3n) is 4.71. The molecule has 1 fully saturated rings. The van der Waals surface area contributed by atoms with E-state index in [4.69, 9.17) is 4.74 Å². The fourth-order valence-corrected chi connectivity index (χ4v) is 4.62. The van der Waals surface area contributed by atoms with Crippen LogP contribution in [0.4, 0.5) is 0 Å². The molecular weight excluding hydrogens is 436 g/mol. The van der Waals surface area contributed by atoms with Gasteiger partial charge < -0.3 is 10.1 Å². The van der Waals surface area contributed by atoms with Gasteiger partial charge in [-0.2, -0.15) is 0 Å². The molecule has 0 spiro atoms. The third-order valence-corrected chi connectivity index (χ3v) is 6.38. The van der Waals surface area contributed by atoms with Crippen molar-refractivity contribution >= 4 is 33.6 Å². The monoisotopic (exact) mass is 462 g/mol. The molecule has 1 saturated heterocycles. The first-order valence-electron chi connectivity index (χ1n) is 9.57. The standard InChI is InChI=1S/C22H27BrN2O2S/c1-16-10-20(23)6-7-21(16)28-15-22(26)24-12-18-4-3-5-19(11-18)14-25-8-9-27-17(2)13-25/h3-7,10-11,17H,8-9,12-15H2,1-2H3,(H,24,26). The number of rotatable bonds is 7. The van der Waals surface area contributed by atoms with Crippen molar-refractivity contribution in [3.05, 3.63) is 63.6 Å². The van der Waals surface area contributed by atoms with Gasteiger partial charge in [-0.05, 0) is 48.7 Å². The number of hydrogen-bond acceptors (Lipinski definition) is 4. The highest BCUT2D eigenvalue weighted by atomic mass is 79.9. The maximum atomic E-state index is 12.2. The molecule has 6 heteroatoms. The minimum atomic E-state index is 0.0553. The van der Waals surface area contributed by atoms with Crippen molar-refractivity contribution in [3.8, 4) is 0 Å². The number of nitrogens with zero attached hydrogens (tertiary/aromatic N) is 1. The normalized spacial score (nSPS) is 17.5. The number of carbonyl (C=O) groups excluding carboxylic acids is 1. The molecule has 1 aliphatic rings. The van der Waals surface area contributed by atoms with Crippen LogP contribution in [0.1, 0.15) is 23.6 Å². The number of nitrogens with one attached hydrogen (secondary N) is 1. The maximum absolute atomic E-state index is 12.2. The van der Waals surface area contributed by atoms with Gasteiger partial charge in [0.05, 0.1) is 18.5 Å². The molecule has 28 heavy (non-hydrogen) atoms. The molecule has 2 aromatic carbocycles. The van der Waals surface area contributed by atoms with Gasteiger partial charge in [0.2, 0.25) is 5.91 Å². The quantitative estimate of drug-likeness (QED) is 0.619. The first-order chi connectivity index (χ1) is 13.5. The number of carbonyl (C=O) groups is 1. The summed E-state index contributed by atoms with van der Waals surface area (Å²) in [6.45, 7) is 8.40. The van der Waals surface area contributed by atoms with Gasteiger partial charge in [0, 0.05) is 35.5 Å². The summed E-state index contributed by atoms with van der Waals surface area (Å²) in [5, 5.41) is 3.04. The Hall–Kier alpha value is -1.34. The van der Waals surface area contributed by atoms with E-state index in [0.29, 0.717) is 18.4 Å². The van der Waals surface area contributed by atoms with Crippen LogP contribution in [0.25, 0.3) is 0 Å². The topological polar surface area (TPSA) is 41.6 Å². The van der Waals surface area contributed by atoms with Crippen molar-refractivity contribution in [2.24, 2.45) is 0 Å². The average molecular weight is 463 g/mol. The van der Waals surface area contributed by atoms with Crippen molar-refractivity contribution in [2.75, 3.05) is 25.4 Å². The number of aryl methyl sites for hydroxylation is 1. The summed E-state index contributed by atoms with van der Waals surface area (Å²) in [5.41, 5.74) is 3.59. The van der Waals surface area contributed by atoms with Gasteiger partial charge >= 0.3 is 0 Å². The molecule has 3 rings (SSSR count). The molecule has 1 heterocycles. The van der Waals surface area contributed by atoms with Crippen molar-refractivity contribution in [1.82, 2.24) is 10.2 Å². The van der Waals surface area contributed by atoms with Crippen LogP contribution < -0.4 is 5.32 Å². The van der Waals surface area contributed by atoms with E-state index in [1.807, 2.05) is 12.1 Å². The fourth-order valence-electron chi connectivity index (χ4n) is 3.30. The van der Waals surface area contributed by atoms with Gasteiger partial charge in [-0.1, -0.05) is 40.2 Å². The predicted molar refractivity (Wildman–Crippen MR) is 119 cm³/mol. The third kappa shape index (κ3) is 6.62. The molecule has 4 nitrogen and oxygen atoms in total. The summed E-state index contributed by atoms with van der Waals surface area (Å²) >= 11 is 5.04. The Bertz CT molecular complexity index is 815. The first kappa shape index (κ1) is 21.4. The molecule has 0 aromatic heterocycles. The van der Waals surface area contributed by atoms with E-state index in [1.54, 1.807) is 11.8 Å².